The van der Waals surface area contributed by atoms with E-state index < -0.39 is 0 Å². The van der Waals surface area contributed by atoms with Crippen molar-refractivity contribution in [3.8, 4) is 5.88 Å². The van der Waals surface area contributed by atoms with Crippen molar-refractivity contribution in [3.05, 3.63) is 48.0 Å². The van der Waals surface area contributed by atoms with E-state index in [4.69, 9.17) is 10.5 Å². The van der Waals surface area contributed by atoms with Gasteiger partial charge in [-0.2, -0.15) is 4.98 Å². The first-order chi connectivity index (χ1) is 10.3. The van der Waals surface area contributed by atoms with Gasteiger partial charge in [0, 0.05) is 24.3 Å². The van der Waals surface area contributed by atoms with Crippen LogP contribution in [0.1, 0.15) is 25.3 Å². The molecular formula is C17H21N3O. The Labute approximate surface area is 125 Å². The zero-order valence-corrected chi connectivity index (χ0v) is 12.3. The van der Waals surface area contributed by atoms with Crippen molar-refractivity contribution in [3.63, 3.8) is 0 Å². The van der Waals surface area contributed by atoms with E-state index in [2.05, 4.69) is 28.1 Å². The molecule has 4 nitrogen and oxygen atoms in total. The summed E-state index contributed by atoms with van der Waals surface area (Å²) in [5.41, 5.74) is 7.80. The molecule has 2 N–H and O–H groups in total. The standard InChI is InChI=1S/C17H21N3O/c1-2-21-17-5-3-4-16(19-17)20(15-10-11-15)12-13-6-8-14(18)9-7-13/h3-9,15H,2,10-12,18H2,1H3. The van der Waals surface area contributed by atoms with Crippen molar-refractivity contribution in [2.75, 3.05) is 17.2 Å². The maximum absolute atomic E-state index is 5.75. The molecule has 110 valence electrons. The lowest BCUT2D eigenvalue weighted by Gasteiger charge is -2.24. The van der Waals surface area contributed by atoms with Crippen LogP contribution in [0.2, 0.25) is 0 Å². The Bertz CT molecular complexity index is 593. The molecule has 0 unspecified atom stereocenters. The first-order valence-corrected chi connectivity index (χ1v) is 7.47. The van der Waals surface area contributed by atoms with Crippen LogP contribution >= 0.6 is 0 Å². The highest BCUT2D eigenvalue weighted by Gasteiger charge is 2.30. The normalized spacial score (nSPS) is 14.0. The molecule has 0 aliphatic heterocycles. The molecule has 1 heterocycles. The van der Waals surface area contributed by atoms with E-state index in [1.54, 1.807) is 0 Å². The minimum absolute atomic E-state index is 0.590. The average Bonchev–Trinajstić information content (AvgIpc) is 3.32. The molecule has 1 aliphatic carbocycles. The number of anilines is 2. The predicted molar refractivity (Wildman–Crippen MR) is 85.5 cm³/mol. The van der Waals surface area contributed by atoms with Crippen LogP contribution in [-0.2, 0) is 6.54 Å². The van der Waals surface area contributed by atoms with E-state index in [1.165, 1.54) is 18.4 Å². The summed E-state index contributed by atoms with van der Waals surface area (Å²) < 4.78 is 5.51. The molecule has 1 fully saturated rings. The van der Waals surface area contributed by atoms with Crippen molar-refractivity contribution in [1.29, 1.82) is 0 Å². The molecule has 1 aliphatic rings. The number of benzene rings is 1. The van der Waals surface area contributed by atoms with Crippen LogP contribution in [-0.4, -0.2) is 17.6 Å². The highest BCUT2D eigenvalue weighted by atomic mass is 16.5. The number of nitrogens with zero attached hydrogens (tertiary/aromatic N) is 2. The van der Waals surface area contributed by atoms with Crippen LogP contribution in [0.3, 0.4) is 0 Å². The van der Waals surface area contributed by atoms with Gasteiger partial charge in [-0.15, -0.1) is 0 Å². The topological polar surface area (TPSA) is 51.4 Å². The number of nitrogens with two attached hydrogens (primary N) is 1. The Hall–Kier alpha value is -2.23. The summed E-state index contributed by atoms with van der Waals surface area (Å²) in [4.78, 5) is 6.97. The van der Waals surface area contributed by atoms with E-state index in [9.17, 15) is 0 Å². The van der Waals surface area contributed by atoms with E-state index in [-0.39, 0.29) is 0 Å². The molecule has 0 amide bonds. The van der Waals surface area contributed by atoms with Gasteiger partial charge >= 0.3 is 0 Å². The first kappa shape index (κ1) is 13.7. The van der Waals surface area contributed by atoms with Crippen LogP contribution in [0, 0.1) is 0 Å². The largest absolute Gasteiger partial charge is 0.478 e. The molecule has 0 saturated heterocycles. The van der Waals surface area contributed by atoms with Gasteiger partial charge in [-0.25, -0.2) is 0 Å². The smallest absolute Gasteiger partial charge is 0.215 e. The minimum atomic E-state index is 0.590. The third-order valence-electron chi connectivity index (χ3n) is 3.62. The van der Waals surface area contributed by atoms with E-state index in [0.29, 0.717) is 18.5 Å². The van der Waals surface area contributed by atoms with Crippen LogP contribution in [0.15, 0.2) is 42.5 Å². The third-order valence-corrected chi connectivity index (χ3v) is 3.62. The van der Waals surface area contributed by atoms with Gasteiger partial charge in [-0.1, -0.05) is 18.2 Å². The van der Waals surface area contributed by atoms with Gasteiger partial charge in [0.2, 0.25) is 5.88 Å². The SMILES string of the molecule is CCOc1cccc(N(Cc2ccc(N)cc2)C2CC2)n1. The van der Waals surface area contributed by atoms with Gasteiger partial charge in [0.25, 0.3) is 0 Å². The zero-order chi connectivity index (χ0) is 14.7. The molecule has 0 atom stereocenters. The Morgan fingerprint density at radius 3 is 2.62 bits per heavy atom. The van der Waals surface area contributed by atoms with Gasteiger partial charge in [-0.05, 0) is 43.5 Å². The van der Waals surface area contributed by atoms with Crippen molar-refractivity contribution in [1.82, 2.24) is 4.98 Å². The second kappa shape index (κ2) is 6.04. The van der Waals surface area contributed by atoms with Gasteiger partial charge in [0.1, 0.15) is 5.82 Å². The van der Waals surface area contributed by atoms with Crippen molar-refractivity contribution < 1.29 is 4.74 Å². The van der Waals surface area contributed by atoms with Crippen molar-refractivity contribution in [2.45, 2.75) is 32.4 Å². The molecule has 21 heavy (non-hydrogen) atoms. The van der Waals surface area contributed by atoms with Crippen LogP contribution in [0.4, 0.5) is 11.5 Å². The molecular weight excluding hydrogens is 262 g/mol. The second-order valence-corrected chi connectivity index (χ2v) is 5.37. The minimum Gasteiger partial charge on any atom is -0.478 e. The summed E-state index contributed by atoms with van der Waals surface area (Å²) in [6, 6.07) is 14.6. The molecule has 0 bridgehead atoms. The van der Waals surface area contributed by atoms with E-state index in [0.717, 1.165) is 18.1 Å². The first-order valence-electron chi connectivity index (χ1n) is 7.47. The fraction of sp³-hybridized carbons (Fsp3) is 0.353. The highest BCUT2D eigenvalue weighted by molar-refractivity contribution is 5.46. The monoisotopic (exact) mass is 283 g/mol. The van der Waals surface area contributed by atoms with E-state index in [1.807, 2.05) is 31.2 Å². The Morgan fingerprint density at radius 2 is 1.95 bits per heavy atom. The lowest BCUT2D eigenvalue weighted by molar-refractivity contribution is 0.327. The Morgan fingerprint density at radius 1 is 1.19 bits per heavy atom. The lowest BCUT2D eigenvalue weighted by atomic mass is 10.2. The van der Waals surface area contributed by atoms with Gasteiger partial charge < -0.3 is 15.4 Å². The summed E-state index contributed by atoms with van der Waals surface area (Å²) in [5.74, 6) is 1.68. The molecule has 1 saturated carbocycles. The summed E-state index contributed by atoms with van der Waals surface area (Å²) in [5, 5.41) is 0. The van der Waals surface area contributed by atoms with Gasteiger partial charge in [0.15, 0.2) is 0 Å². The zero-order valence-electron chi connectivity index (χ0n) is 12.3. The molecule has 4 heteroatoms. The summed E-state index contributed by atoms with van der Waals surface area (Å²) >= 11 is 0. The third kappa shape index (κ3) is 3.45. The highest BCUT2D eigenvalue weighted by Crippen LogP contribution is 2.32. The van der Waals surface area contributed by atoms with Gasteiger partial charge in [0.05, 0.1) is 6.61 Å². The van der Waals surface area contributed by atoms with Crippen molar-refractivity contribution in [2.24, 2.45) is 0 Å². The number of pyridine rings is 1. The van der Waals surface area contributed by atoms with Crippen LogP contribution in [0.25, 0.3) is 0 Å². The Kier molecular flexibility index (Phi) is 3.95. The number of rotatable bonds is 6. The number of aromatic nitrogens is 1. The number of hydrogen-bond donors (Lipinski definition) is 1. The average molecular weight is 283 g/mol. The quantitative estimate of drug-likeness (QED) is 0.827. The lowest BCUT2D eigenvalue weighted by Crippen LogP contribution is -2.26. The van der Waals surface area contributed by atoms with Crippen LogP contribution in [0.5, 0.6) is 5.88 Å². The number of nitrogen functional groups attached to an aromatic ring is 1. The molecule has 1 aromatic carbocycles. The Balaban J connectivity index is 1.81. The fourth-order valence-corrected chi connectivity index (χ4v) is 2.40. The second-order valence-electron chi connectivity index (χ2n) is 5.37. The summed E-state index contributed by atoms with van der Waals surface area (Å²) in [6.45, 7) is 3.47. The molecule has 2 aromatic rings. The molecule has 0 spiro atoms. The van der Waals surface area contributed by atoms with Crippen molar-refractivity contribution >= 4 is 11.5 Å². The summed E-state index contributed by atoms with van der Waals surface area (Å²) in [7, 11) is 0. The predicted octanol–water partition coefficient (Wildman–Crippen LogP) is 3.23. The maximum Gasteiger partial charge on any atom is 0.215 e. The molecule has 1 aromatic heterocycles. The molecule has 3 rings (SSSR count). The molecule has 0 radical (unpaired) electrons. The maximum atomic E-state index is 5.75. The van der Waals surface area contributed by atoms with Crippen LogP contribution < -0.4 is 15.4 Å². The number of ether oxygens (including phenoxy) is 1. The number of hydrogen-bond acceptors (Lipinski definition) is 4. The van der Waals surface area contributed by atoms with E-state index >= 15 is 0 Å². The fourth-order valence-electron chi connectivity index (χ4n) is 2.40. The van der Waals surface area contributed by atoms with Gasteiger partial charge in [-0.3, -0.25) is 0 Å². The summed E-state index contributed by atoms with van der Waals surface area (Å²) in [6.07, 6.45) is 2.46.